The van der Waals surface area contributed by atoms with Crippen LogP contribution in [0.25, 0.3) is 0 Å². The topological polar surface area (TPSA) is 21.3 Å². The number of aryl methyl sites for hydroxylation is 1. The molecule has 2 aromatic rings. The largest absolute Gasteiger partial charge is 0.573 e. The Morgan fingerprint density at radius 2 is 1.88 bits per heavy atom. The third-order valence-corrected chi connectivity index (χ3v) is 5.55. The third kappa shape index (κ3) is 2.96. The van der Waals surface area contributed by atoms with Crippen LogP contribution in [0.2, 0.25) is 0 Å². The molecule has 1 aliphatic carbocycles. The van der Waals surface area contributed by atoms with Gasteiger partial charge in [-0.25, -0.2) is 0 Å². The highest BCUT2D eigenvalue weighted by atomic mass is 19.4. The monoisotopic (exact) mass is 359 g/mol. The average Bonchev–Trinajstić information content (AvgIpc) is 3.05. The van der Waals surface area contributed by atoms with Gasteiger partial charge in [0.25, 0.3) is 0 Å². The quantitative estimate of drug-likeness (QED) is 0.661. The molecule has 0 spiro atoms. The first kappa shape index (κ1) is 17.0. The number of anilines is 1. The van der Waals surface area contributed by atoms with Crippen molar-refractivity contribution in [3.05, 3.63) is 70.8 Å². The lowest BCUT2D eigenvalue weighted by molar-refractivity contribution is -0.274. The standard InChI is InChI=1S/C21H20F3NO/c1-12-5-3-6-15(13(12)2)20-17-8-4-7-16(17)18-11-14(26-21(22,23)24)9-10-19(18)25-20/h3-7,9-11,16-17,20,25H,8H2,1-2H3. The number of ether oxygens (including phenoxy) is 1. The maximum Gasteiger partial charge on any atom is 0.573 e. The first-order chi connectivity index (χ1) is 12.3. The van der Waals surface area contributed by atoms with Crippen molar-refractivity contribution in [2.24, 2.45) is 5.92 Å². The third-order valence-electron chi connectivity index (χ3n) is 5.55. The van der Waals surface area contributed by atoms with E-state index in [2.05, 4.69) is 54.3 Å². The van der Waals surface area contributed by atoms with Crippen LogP contribution in [-0.2, 0) is 0 Å². The van der Waals surface area contributed by atoms with E-state index >= 15 is 0 Å². The molecule has 136 valence electrons. The predicted octanol–water partition coefficient (Wildman–Crippen LogP) is 6.03. The number of hydrogen-bond donors (Lipinski definition) is 1. The first-order valence-electron chi connectivity index (χ1n) is 8.72. The van der Waals surface area contributed by atoms with Crippen molar-refractivity contribution >= 4 is 5.69 Å². The zero-order valence-electron chi connectivity index (χ0n) is 14.6. The van der Waals surface area contributed by atoms with E-state index in [0.29, 0.717) is 0 Å². The summed E-state index contributed by atoms with van der Waals surface area (Å²) in [6.07, 6.45) is 0.462. The molecule has 1 N–H and O–H groups in total. The molecule has 2 aliphatic rings. The predicted molar refractivity (Wildman–Crippen MR) is 95.4 cm³/mol. The molecular formula is C21H20F3NO. The molecule has 5 heteroatoms. The summed E-state index contributed by atoms with van der Waals surface area (Å²) in [6, 6.07) is 11.0. The molecule has 2 aromatic carbocycles. The van der Waals surface area contributed by atoms with Gasteiger partial charge in [0.2, 0.25) is 0 Å². The second-order valence-electron chi connectivity index (χ2n) is 7.06. The molecule has 0 radical (unpaired) electrons. The minimum Gasteiger partial charge on any atom is -0.406 e. The van der Waals surface area contributed by atoms with Crippen molar-refractivity contribution in [1.82, 2.24) is 0 Å². The molecule has 0 amide bonds. The van der Waals surface area contributed by atoms with Crippen molar-refractivity contribution in [3.8, 4) is 5.75 Å². The van der Waals surface area contributed by atoms with E-state index in [1.807, 2.05) is 0 Å². The maximum atomic E-state index is 12.6. The molecule has 0 bridgehead atoms. The Morgan fingerprint density at radius 3 is 2.65 bits per heavy atom. The minimum atomic E-state index is -4.68. The Morgan fingerprint density at radius 1 is 1.08 bits per heavy atom. The van der Waals surface area contributed by atoms with Gasteiger partial charge >= 0.3 is 6.36 Å². The van der Waals surface area contributed by atoms with Crippen molar-refractivity contribution in [3.63, 3.8) is 0 Å². The SMILES string of the molecule is Cc1cccc(C2Nc3ccc(OC(F)(F)F)cc3C3C=CCC32)c1C. The van der Waals surface area contributed by atoms with Crippen LogP contribution in [0, 0.1) is 19.8 Å². The van der Waals surface area contributed by atoms with E-state index < -0.39 is 6.36 Å². The van der Waals surface area contributed by atoms with Gasteiger partial charge in [-0.1, -0.05) is 30.4 Å². The van der Waals surface area contributed by atoms with Gasteiger partial charge in [0.1, 0.15) is 5.75 Å². The lowest BCUT2D eigenvalue weighted by Crippen LogP contribution is -2.29. The maximum absolute atomic E-state index is 12.6. The molecule has 0 saturated heterocycles. The van der Waals surface area contributed by atoms with Gasteiger partial charge in [-0.2, -0.15) is 0 Å². The van der Waals surface area contributed by atoms with E-state index in [4.69, 9.17) is 0 Å². The normalized spacial score (nSPS) is 24.0. The van der Waals surface area contributed by atoms with Crippen LogP contribution < -0.4 is 10.1 Å². The van der Waals surface area contributed by atoms with Crippen LogP contribution in [0.3, 0.4) is 0 Å². The zero-order chi connectivity index (χ0) is 18.5. The molecular weight excluding hydrogens is 339 g/mol. The van der Waals surface area contributed by atoms with Crippen LogP contribution in [-0.4, -0.2) is 6.36 Å². The van der Waals surface area contributed by atoms with Crippen LogP contribution in [0.4, 0.5) is 18.9 Å². The Kier molecular flexibility index (Phi) is 3.98. The molecule has 0 fully saturated rings. The molecule has 1 heterocycles. The fourth-order valence-electron chi connectivity index (χ4n) is 4.19. The number of halogens is 3. The number of allylic oxidation sites excluding steroid dienone is 2. The van der Waals surface area contributed by atoms with Crippen molar-refractivity contribution in [2.75, 3.05) is 5.32 Å². The highest BCUT2D eigenvalue weighted by molar-refractivity contribution is 5.62. The van der Waals surface area contributed by atoms with E-state index in [-0.39, 0.29) is 23.6 Å². The van der Waals surface area contributed by atoms with Crippen LogP contribution in [0.5, 0.6) is 5.75 Å². The second kappa shape index (κ2) is 6.08. The van der Waals surface area contributed by atoms with E-state index in [1.165, 1.54) is 28.8 Å². The van der Waals surface area contributed by atoms with Crippen molar-refractivity contribution in [1.29, 1.82) is 0 Å². The minimum absolute atomic E-state index is 0.0907. The summed E-state index contributed by atoms with van der Waals surface area (Å²) in [7, 11) is 0. The van der Waals surface area contributed by atoms with Gasteiger partial charge in [-0.15, -0.1) is 13.2 Å². The van der Waals surface area contributed by atoms with E-state index in [9.17, 15) is 13.2 Å². The number of rotatable bonds is 2. The Balaban J connectivity index is 1.74. The highest BCUT2D eigenvalue weighted by Crippen LogP contribution is 2.51. The molecule has 1 aliphatic heterocycles. The number of alkyl halides is 3. The lowest BCUT2D eigenvalue weighted by atomic mass is 9.76. The molecule has 3 atom stereocenters. The van der Waals surface area contributed by atoms with Gasteiger partial charge in [-0.3, -0.25) is 0 Å². The fraction of sp³-hybridized carbons (Fsp3) is 0.333. The molecule has 0 saturated carbocycles. The van der Waals surface area contributed by atoms with Crippen LogP contribution in [0.1, 0.15) is 40.6 Å². The van der Waals surface area contributed by atoms with E-state index in [0.717, 1.165) is 17.7 Å². The van der Waals surface area contributed by atoms with Gasteiger partial charge in [0.15, 0.2) is 0 Å². The van der Waals surface area contributed by atoms with Crippen molar-refractivity contribution in [2.45, 2.75) is 38.6 Å². The van der Waals surface area contributed by atoms with Crippen LogP contribution >= 0.6 is 0 Å². The lowest BCUT2D eigenvalue weighted by Gasteiger charge is -2.38. The highest BCUT2D eigenvalue weighted by Gasteiger charge is 2.39. The van der Waals surface area contributed by atoms with Gasteiger partial charge in [0.05, 0.1) is 6.04 Å². The Hall–Kier alpha value is -2.43. The summed E-state index contributed by atoms with van der Waals surface area (Å²) >= 11 is 0. The zero-order valence-corrected chi connectivity index (χ0v) is 14.6. The summed E-state index contributed by atoms with van der Waals surface area (Å²) in [6.45, 7) is 4.22. The van der Waals surface area contributed by atoms with Crippen molar-refractivity contribution < 1.29 is 17.9 Å². The molecule has 0 aromatic heterocycles. The Labute approximate surface area is 150 Å². The number of fused-ring (bicyclic) bond motifs is 3. The molecule has 2 nitrogen and oxygen atoms in total. The summed E-state index contributed by atoms with van der Waals surface area (Å²) in [5, 5.41) is 3.57. The van der Waals surface area contributed by atoms with Gasteiger partial charge in [0, 0.05) is 11.6 Å². The van der Waals surface area contributed by atoms with Gasteiger partial charge in [-0.05, 0) is 66.6 Å². The first-order valence-corrected chi connectivity index (χ1v) is 8.72. The second-order valence-corrected chi connectivity index (χ2v) is 7.06. The number of benzene rings is 2. The number of nitrogens with one attached hydrogen (secondary N) is 1. The average molecular weight is 359 g/mol. The van der Waals surface area contributed by atoms with Gasteiger partial charge < -0.3 is 10.1 Å². The smallest absolute Gasteiger partial charge is 0.406 e. The molecule has 4 rings (SSSR count). The summed E-state index contributed by atoms with van der Waals surface area (Å²) < 4.78 is 41.8. The number of hydrogen-bond acceptors (Lipinski definition) is 2. The fourth-order valence-corrected chi connectivity index (χ4v) is 4.19. The summed E-state index contributed by atoms with van der Waals surface area (Å²) in [5.74, 6) is 0.208. The summed E-state index contributed by atoms with van der Waals surface area (Å²) in [5.41, 5.74) is 5.50. The molecule has 26 heavy (non-hydrogen) atoms. The Bertz CT molecular complexity index is 872. The van der Waals surface area contributed by atoms with Crippen LogP contribution in [0.15, 0.2) is 48.6 Å². The molecule has 3 unspecified atom stereocenters. The van der Waals surface area contributed by atoms with E-state index in [1.54, 1.807) is 6.07 Å². The summed E-state index contributed by atoms with van der Waals surface area (Å²) in [4.78, 5) is 0.